The van der Waals surface area contributed by atoms with E-state index in [4.69, 9.17) is 4.74 Å². The second-order valence-electron chi connectivity index (χ2n) is 5.50. The van der Waals surface area contributed by atoms with Crippen LogP contribution in [0.5, 0.6) is 5.75 Å². The first-order valence-corrected chi connectivity index (χ1v) is 7.64. The van der Waals surface area contributed by atoms with Gasteiger partial charge in [-0.15, -0.1) is 0 Å². The number of nitrogens with one attached hydrogen (secondary N) is 1. The third kappa shape index (κ3) is 3.88. The van der Waals surface area contributed by atoms with E-state index in [0.717, 1.165) is 29.0 Å². The zero-order chi connectivity index (χ0) is 16.1. The van der Waals surface area contributed by atoms with E-state index in [2.05, 4.69) is 12.2 Å². The summed E-state index contributed by atoms with van der Waals surface area (Å²) >= 11 is 0. The molecule has 0 bridgehead atoms. The molecule has 0 radical (unpaired) electrons. The van der Waals surface area contributed by atoms with Gasteiger partial charge < -0.3 is 10.1 Å². The fourth-order valence-electron chi connectivity index (χ4n) is 2.16. The molecule has 0 aliphatic carbocycles. The molecule has 2 aromatic carbocycles. The lowest BCUT2D eigenvalue weighted by molar-refractivity contribution is -0.122. The van der Waals surface area contributed by atoms with Crippen molar-refractivity contribution in [2.75, 3.05) is 5.32 Å². The Balaban J connectivity index is 2.01. The molecule has 3 heteroatoms. The van der Waals surface area contributed by atoms with Gasteiger partial charge in [0.05, 0.1) is 0 Å². The van der Waals surface area contributed by atoms with Crippen LogP contribution in [0, 0.1) is 13.8 Å². The predicted molar refractivity (Wildman–Crippen MR) is 90.5 cm³/mol. The number of benzene rings is 2. The van der Waals surface area contributed by atoms with Crippen molar-refractivity contribution >= 4 is 11.6 Å². The average molecular weight is 297 g/mol. The van der Waals surface area contributed by atoms with E-state index in [-0.39, 0.29) is 5.91 Å². The highest BCUT2D eigenvalue weighted by atomic mass is 16.5. The molecule has 0 aliphatic heterocycles. The summed E-state index contributed by atoms with van der Waals surface area (Å²) in [6.45, 7) is 7.90. The van der Waals surface area contributed by atoms with Crippen LogP contribution in [-0.2, 0) is 11.2 Å². The van der Waals surface area contributed by atoms with Crippen molar-refractivity contribution in [2.24, 2.45) is 0 Å². The van der Waals surface area contributed by atoms with Crippen LogP contribution in [0.15, 0.2) is 42.5 Å². The number of rotatable bonds is 5. The van der Waals surface area contributed by atoms with Gasteiger partial charge in [0.25, 0.3) is 5.91 Å². The van der Waals surface area contributed by atoms with Crippen LogP contribution in [0.4, 0.5) is 5.69 Å². The van der Waals surface area contributed by atoms with Gasteiger partial charge in [0.1, 0.15) is 5.75 Å². The Morgan fingerprint density at radius 2 is 1.82 bits per heavy atom. The molecule has 0 heterocycles. The Morgan fingerprint density at radius 1 is 1.14 bits per heavy atom. The minimum atomic E-state index is -0.550. The Kier molecular flexibility index (Phi) is 5.21. The molecule has 0 fully saturated rings. The standard InChI is InChI=1S/C19H23NO2/c1-5-16-9-11-17(12-10-16)20-19(21)15(4)22-18-8-6-7-13(2)14(18)3/h6-12,15H,5H2,1-4H3,(H,20,21)/t15-/m0/s1. The minimum absolute atomic E-state index is 0.148. The molecule has 116 valence electrons. The summed E-state index contributed by atoms with van der Waals surface area (Å²) in [6, 6.07) is 13.7. The first-order chi connectivity index (χ1) is 10.5. The molecule has 3 nitrogen and oxygen atoms in total. The van der Waals surface area contributed by atoms with Gasteiger partial charge >= 0.3 is 0 Å². The molecule has 1 atom stereocenters. The molecule has 2 rings (SSSR count). The van der Waals surface area contributed by atoms with E-state index in [1.54, 1.807) is 6.92 Å². The van der Waals surface area contributed by atoms with Crippen LogP contribution >= 0.6 is 0 Å². The second kappa shape index (κ2) is 7.12. The SMILES string of the molecule is CCc1ccc(NC(=O)[C@H](C)Oc2cccc(C)c2C)cc1. The van der Waals surface area contributed by atoms with E-state index in [1.165, 1.54) is 5.56 Å². The van der Waals surface area contributed by atoms with Gasteiger partial charge in [-0.3, -0.25) is 4.79 Å². The third-order valence-electron chi connectivity index (χ3n) is 3.86. The second-order valence-corrected chi connectivity index (χ2v) is 5.50. The van der Waals surface area contributed by atoms with Crippen molar-refractivity contribution in [1.82, 2.24) is 0 Å². The lowest BCUT2D eigenvalue weighted by Gasteiger charge is -2.17. The largest absolute Gasteiger partial charge is 0.481 e. The topological polar surface area (TPSA) is 38.3 Å². The van der Waals surface area contributed by atoms with Crippen LogP contribution in [0.1, 0.15) is 30.5 Å². The normalized spacial score (nSPS) is 11.8. The van der Waals surface area contributed by atoms with Crippen molar-refractivity contribution in [3.05, 3.63) is 59.2 Å². The molecule has 2 aromatic rings. The smallest absolute Gasteiger partial charge is 0.265 e. The summed E-state index contributed by atoms with van der Waals surface area (Å²) < 4.78 is 5.79. The highest BCUT2D eigenvalue weighted by Gasteiger charge is 2.16. The van der Waals surface area contributed by atoms with E-state index >= 15 is 0 Å². The maximum atomic E-state index is 12.2. The molecule has 1 amide bonds. The minimum Gasteiger partial charge on any atom is -0.481 e. The van der Waals surface area contributed by atoms with Crippen LogP contribution in [0.25, 0.3) is 0 Å². The molecule has 0 saturated carbocycles. The highest BCUT2D eigenvalue weighted by molar-refractivity contribution is 5.94. The predicted octanol–water partition coefficient (Wildman–Crippen LogP) is 4.27. The van der Waals surface area contributed by atoms with Gasteiger partial charge in [-0.2, -0.15) is 0 Å². The lowest BCUT2D eigenvalue weighted by atomic mass is 10.1. The Morgan fingerprint density at radius 3 is 2.45 bits per heavy atom. The number of hydrogen-bond acceptors (Lipinski definition) is 2. The quantitative estimate of drug-likeness (QED) is 0.895. The monoisotopic (exact) mass is 297 g/mol. The first kappa shape index (κ1) is 16.1. The van der Waals surface area contributed by atoms with Gasteiger partial charge in [-0.25, -0.2) is 0 Å². The molecule has 0 spiro atoms. The van der Waals surface area contributed by atoms with Crippen molar-refractivity contribution in [1.29, 1.82) is 0 Å². The highest BCUT2D eigenvalue weighted by Crippen LogP contribution is 2.22. The zero-order valence-electron chi connectivity index (χ0n) is 13.6. The number of amides is 1. The maximum Gasteiger partial charge on any atom is 0.265 e. The summed E-state index contributed by atoms with van der Waals surface area (Å²) in [7, 11) is 0. The van der Waals surface area contributed by atoms with Crippen molar-refractivity contribution in [3.63, 3.8) is 0 Å². The fourth-order valence-corrected chi connectivity index (χ4v) is 2.16. The van der Waals surface area contributed by atoms with Crippen LogP contribution < -0.4 is 10.1 Å². The van der Waals surface area contributed by atoms with E-state index in [1.807, 2.05) is 56.3 Å². The average Bonchev–Trinajstić information content (AvgIpc) is 2.52. The van der Waals surface area contributed by atoms with Crippen molar-refractivity contribution in [2.45, 2.75) is 40.2 Å². The van der Waals surface area contributed by atoms with E-state index in [0.29, 0.717) is 0 Å². The zero-order valence-corrected chi connectivity index (χ0v) is 13.6. The van der Waals surface area contributed by atoms with Crippen LogP contribution in [0.2, 0.25) is 0 Å². The molecule has 0 aromatic heterocycles. The van der Waals surface area contributed by atoms with E-state index in [9.17, 15) is 4.79 Å². The summed E-state index contributed by atoms with van der Waals surface area (Å²) in [5, 5.41) is 2.88. The van der Waals surface area contributed by atoms with Gasteiger partial charge in [-0.1, -0.05) is 31.2 Å². The van der Waals surface area contributed by atoms with Gasteiger partial charge in [0.15, 0.2) is 6.10 Å². The summed E-state index contributed by atoms with van der Waals surface area (Å²) in [5.74, 6) is 0.606. The lowest BCUT2D eigenvalue weighted by Crippen LogP contribution is -2.30. The van der Waals surface area contributed by atoms with Crippen LogP contribution in [-0.4, -0.2) is 12.0 Å². The molecule has 0 unspecified atom stereocenters. The van der Waals surface area contributed by atoms with Crippen molar-refractivity contribution < 1.29 is 9.53 Å². The molecular formula is C19H23NO2. The van der Waals surface area contributed by atoms with E-state index < -0.39 is 6.10 Å². The summed E-state index contributed by atoms with van der Waals surface area (Å²) in [6.07, 6.45) is 0.437. The van der Waals surface area contributed by atoms with Gasteiger partial charge in [0, 0.05) is 5.69 Å². The molecule has 0 saturated heterocycles. The summed E-state index contributed by atoms with van der Waals surface area (Å²) in [4.78, 5) is 12.2. The van der Waals surface area contributed by atoms with Crippen LogP contribution in [0.3, 0.4) is 0 Å². The maximum absolute atomic E-state index is 12.2. The Labute approximate surface area is 132 Å². The molecule has 1 N–H and O–H groups in total. The van der Waals surface area contributed by atoms with Crippen molar-refractivity contribution in [3.8, 4) is 5.75 Å². The number of anilines is 1. The molecular weight excluding hydrogens is 274 g/mol. The van der Waals surface area contributed by atoms with Gasteiger partial charge in [0.2, 0.25) is 0 Å². The summed E-state index contributed by atoms with van der Waals surface area (Å²) in [5.41, 5.74) is 4.26. The number of carbonyl (C=O) groups is 1. The molecule has 0 aliphatic rings. The number of hydrogen-bond donors (Lipinski definition) is 1. The van der Waals surface area contributed by atoms with Gasteiger partial charge in [-0.05, 0) is 62.1 Å². The third-order valence-corrected chi connectivity index (χ3v) is 3.86. The number of aryl methyl sites for hydroxylation is 2. The fraction of sp³-hybridized carbons (Fsp3) is 0.316. The number of ether oxygens (including phenoxy) is 1. The number of carbonyl (C=O) groups excluding carboxylic acids is 1. The molecule has 22 heavy (non-hydrogen) atoms. The Bertz CT molecular complexity index is 647. The Hall–Kier alpha value is -2.29. The first-order valence-electron chi connectivity index (χ1n) is 7.64.